The highest BCUT2D eigenvalue weighted by Gasteiger charge is 2.22. The second-order valence-corrected chi connectivity index (χ2v) is 9.53. The number of thioether (sulfide) groups is 1. The van der Waals surface area contributed by atoms with Crippen molar-refractivity contribution in [2.24, 2.45) is 0 Å². The molecule has 8 heteroatoms. The number of hydrogen-bond donors (Lipinski definition) is 0. The zero-order valence-corrected chi connectivity index (χ0v) is 20.1. The van der Waals surface area contributed by atoms with Gasteiger partial charge in [-0.15, -0.1) is 10.2 Å². The van der Waals surface area contributed by atoms with Gasteiger partial charge in [-0.25, -0.2) is 4.79 Å². The number of ether oxygens (including phenoxy) is 1. The molecule has 1 aliphatic heterocycles. The fourth-order valence-corrected chi connectivity index (χ4v) is 5.45. The fraction of sp³-hybridized carbons (Fsp3) is 0.222. The zero-order valence-electron chi connectivity index (χ0n) is 19.3. The van der Waals surface area contributed by atoms with E-state index in [2.05, 4.69) is 63.0 Å². The van der Waals surface area contributed by atoms with Crippen molar-refractivity contribution in [3.05, 3.63) is 88.3 Å². The molecule has 1 saturated heterocycles. The lowest BCUT2D eigenvalue weighted by Gasteiger charge is -2.28. The molecule has 3 heterocycles. The first-order chi connectivity index (χ1) is 17.2. The summed E-state index contributed by atoms with van der Waals surface area (Å²) in [6.45, 7) is 4.95. The maximum Gasteiger partial charge on any atom is 0.336 e. The molecule has 2 aromatic heterocycles. The van der Waals surface area contributed by atoms with Crippen LogP contribution in [0.4, 0.5) is 5.95 Å². The summed E-state index contributed by atoms with van der Waals surface area (Å²) in [4.78, 5) is 14.6. The molecule has 6 rings (SSSR count). The third kappa shape index (κ3) is 4.19. The molecule has 0 saturated carbocycles. The largest absolute Gasteiger partial charge is 0.423 e. The van der Waals surface area contributed by atoms with Crippen LogP contribution in [-0.2, 0) is 10.5 Å². The number of aryl methyl sites for hydroxylation is 1. The Hall–Kier alpha value is -3.62. The first-order valence-corrected chi connectivity index (χ1v) is 12.6. The van der Waals surface area contributed by atoms with E-state index in [1.165, 1.54) is 5.56 Å². The van der Waals surface area contributed by atoms with E-state index in [0.29, 0.717) is 24.5 Å². The minimum Gasteiger partial charge on any atom is -0.423 e. The quantitative estimate of drug-likeness (QED) is 0.198. The molecule has 0 aliphatic carbocycles. The van der Waals surface area contributed by atoms with Crippen LogP contribution in [0.3, 0.4) is 0 Å². The molecule has 0 radical (unpaired) electrons. The Kier molecular flexibility index (Phi) is 5.75. The summed E-state index contributed by atoms with van der Waals surface area (Å²) in [5.74, 6) is 1.37. The molecule has 0 atom stereocenters. The Morgan fingerprint density at radius 2 is 1.77 bits per heavy atom. The van der Waals surface area contributed by atoms with Crippen molar-refractivity contribution >= 4 is 39.5 Å². The number of benzene rings is 3. The summed E-state index contributed by atoms with van der Waals surface area (Å²) >= 11 is 1.57. The molecule has 0 unspecified atom stereocenters. The molecule has 0 amide bonds. The number of rotatable bonds is 5. The highest BCUT2D eigenvalue weighted by atomic mass is 32.2. The van der Waals surface area contributed by atoms with E-state index in [0.717, 1.165) is 51.6 Å². The molecule has 1 fully saturated rings. The number of aromatic nitrogens is 3. The van der Waals surface area contributed by atoms with Gasteiger partial charge in [-0.1, -0.05) is 59.8 Å². The van der Waals surface area contributed by atoms with E-state index in [9.17, 15) is 4.79 Å². The Morgan fingerprint density at radius 3 is 2.60 bits per heavy atom. The molecule has 1 aliphatic rings. The van der Waals surface area contributed by atoms with Crippen LogP contribution in [0, 0.1) is 6.92 Å². The molecule has 7 nitrogen and oxygen atoms in total. The van der Waals surface area contributed by atoms with E-state index in [1.54, 1.807) is 17.8 Å². The highest BCUT2D eigenvalue weighted by Crippen LogP contribution is 2.33. The van der Waals surface area contributed by atoms with Crippen LogP contribution in [-0.4, -0.2) is 41.1 Å². The van der Waals surface area contributed by atoms with Crippen molar-refractivity contribution in [3.8, 4) is 5.69 Å². The molecule has 5 aromatic rings. The van der Waals surface area contributed by atoms with E-state index >= 15 is 0 Å². The summed E-state index contributed by atoms with van der Waals surface area (Å²) < 4.78 is 13.2. The molecule has 35 heavy (non-hydrogen) atoms. The minimum absolute atomic E-state index is 0.350. The standard InChI is InChI=1S/C27H24N4O3S/c1-18-6-9-21(10-7-18)31-26(30-12-14-33-15-13-30)28-29-27(31)35-17-20-16-24(32)34-23-11-8-19-4-2-3-5-22(19)25(20)23/h2-11,16H,12-15,17H2,1H3. The van der Waals surface area contributed by atoms with Crippen LogP contribution >= 0.6 is 11.8 Å². The van der Waals surface area contributed by atoms with E-state index in [-0.39, 0.29) is 5.63 Å². The molecule has 0 bridgehead atoms. The van der Waals surface area contributed by atoms with Gasteiger partial charge in [0.1, 0.15) is 5.58 Å². The van der Waals surface area contributed by atoms with E-state index in [4.69, 9.17) is 9.15 Å². The number of fused-ring (bicyclic) bond motifs is 3. The predicted octanol–water partition coefficient (Wildman–Crippen LogP) is 4.96. The lowest BCUT2D eigenvalue weighted by Crippen LogP contribution is -2.37. The van der Waals surface area contributed by atoms with Gasteiger partial charge in [0.15, 0.2) is 5.16 Å². The molecule has 0 spiro atoms. The summed E-state index contributed by atoms with van der Waals surface area (Å²) in [5.41, 5.74) is 3.37. The first kappa shape index (κ1) is 21.9. The van der Waals surface area contributed by atoms with Crippen LogP contribution in [0.15, 0.2) is 81.1 Å². The highest BCUT2D eigenvalue weighted by molar-refractivity contribution is 7.98. The van der Waals surface area contributed by atoms with Crippen LogP contribution < -0.4 is 10.5 Å². The second kappa shape index (κ2) is 9.20. The number of morpholine rings is 1. The van der Waals surface area contributed by atoms with E-state index in [1.807, 2.05) is 24.3 Å². The van der Waals surface area contributed by atoms with Crippen molar-refractivity contribution in [2.45, 2.75) is 17.8 Å². The van der Waals surface area contributed by atoms with Gasteiger partial charge >= 0.3 is 5.63 Å². The molecular formula is C27H24N4O3S. The topological polar surface area (TPSA) is 73.4 Å². The first-order valence-electron chi connectivity index (χ1n) is 11.6. The van der Waals surface area contributed by atoms with Crippen molar-refractivity contribution < 1.29 is 9.15 Å². The Morgan fingerprint density at radius 1 is 0.971 bits per heavy atom. The van der Waals surface area contributed by atoms with Crippen molar-refractivity contribution in [1.82, 2.24) is 14.8 Å². The third-order valence-electron chi connectivity index (χ3n) is 6.27. The van der Waals surface area contributed by atoms with Gasteiger partial charge in [0, 0.05) is 30.3 Å². The molecule has 3 aromatic carbocycles. The maximum atomic E-state index is 12.4. The summed E-state index contributed by atoms with van der Waals surface area (Å²) in [6.07, 6.45) is 0. The van der Waals surface area contributed by atoms with Crippen LogP contribution in [0.1, 0.15) is 11.1 Å². The second-order valence-electron chi connectivity index (χ2n) is 8.59. The van der Waals surface area contributed by atoms with Crippen LogP contribution in [0.25, 0.3) is 27.4 Å². The average Bonchev–Trinajstić information content (AvgIpc) is 3.32. The lowest BCUT2D eigenvalue weighted by molar-refractivity contribution is 0.122. The smallest absolute Gasteiger partial charge is 0.336 e. The van der Waals surface area contributed by atoms with Crippen LogP contribution in [0.5, 0.6) is 0 Å². The fourth-order valence-electron chi connectivity index (χ4n) is 4.52. The average molecular weight is 485 g/mol. The van der Waals surface area contributed by atoms with Crippen molar-refractivity contribution in [1.29, 1.82) is 0 Å². The number of anilines is 1. The van der Waals surface area contributed by atoms with Crippen molar-refractivity contribution in [3.63, 3.8) is 0 Å². The monoisotopic (exact) mass is 484 g/mol. The van der Waals surface area contributed by atoms with Gasteiger partial charge in [-0.2, -0.15) is 0 Å². The molecule has 0 N–H and O–H groups in total. The predicted molar refractivity (Wildman–Crippen MR) is 139 cm³/mol. The number of nitrogens with zero attached hydrogens (tertiary/aromatic N) is 4. The summed E-state index contributed by atoms with van der Waals surface area (Å²) in [5, 5.41) is 13.0. The Labute approximate surface area is 206 Å². The minimum atomic E-state index is -0.350. The Balaban J connectivity index is 1.42. The third-order valence-corrected chi connectivity index (χ3v) is 7.25. The molecule has 176 valence electrons. The van der Waals surface area contributed by atoms with Gasteiger partial charge in [-0.3, -0.25) is 4.57 Å². The normalized spacial score (nSPS) is 14.1. The van der Waals surface area contributed by atoms with E-state index < -0.39 is 0 Å². The van der Waals surface area contributed by atoms with Gasteiger partial charge in [0.05, 0.1) is 18.9 Å². The van der Waals surface area contributed by atoms with Gasteiger partial charge in [0.25, 0.3) is 0 Å². The Bertz CT molecular complexity index is 1570. The zero-order chi connectivity index (χ0) is 23.8. The maximum absolute atomic E-state index is 12.4. The van der Waals surface area contributed by atoms with Crippen LogP contribution in [0.2, 0.25) is 0 Å². The summed E-state index contributed by atoms with van der Waals surface area (Å²) in [6, 6.07) is 22.0. The lowest BCUT2D eigenvalue weighted by atomic mass is 10.0. The van der Waals surface area contributed by atoms with Gasteiger partial charge in [0.2, 0.25) is 5.95 Å². The SMILES string of the molecule is Cc1ccc(-n2c(SCc3cc(=O)oc4ccc5ccccc5c34)nnc2N2CCOCC2)cc1. The number of hydrogen-bond acceptors (Lipinski definition) is 7. The molecular weight excluding hydrogens is 460 g/mol. The van der Waals surface area contributed by atoms with Gasteiger partial charge < -0.3 is 14.1 Å². The van der Waals surface area contributed by atoms with Crippen molar-refractivity contribution in [2.75, 3.05) is 31.2 Å². The van der Waals surface area contributed by atoms with Gasteiger partial charge in [-0.05, 0) is 41.5 Å². The summed E-state index contributed by atoms with van der Waals surface area (Å²) in [7, 11) is 0.